The van der Waals surface area contributed by atoms with Gasteiger partial charge in [0.25, 0.3) is 12.1 Å². The number of aromatic nitrogens is 1. The van der Waals surface area contributed by atoms with Crippen LogP contribution in [0.25, 0.3) is 0 Å². The Balaban J connectivity index is 2.22. The average Bonchev–Trinajstić information content (AvgIpc) is 2.94. The van der Waals surface area contributed by atoms with Gasteiger partial charge in [0.1, 0.15) is 24.4 Å². The monoisotopic (exact) mass is 387 g/mol. The summed E-state index contributed by atoms with van der Waals surface area (Å²) in [6.45, 7) is -0.521. The number of nitrogens with two attached hydrogens (primary N) is 1. The third-order valence-corrected chi connectivity index (χ3v) is 4.64. The summed E-state index contributed by atoms with van der Waals surface area (Å²) in [5.74, 6) is 1.65. The lowest BCUT2D eigenvalue weighted by Gasteiger charge is -2.17. The van der Waals surface area contributed by atoms with Gasteiger partial charge >= 0.3 is 7.82 Å². The van der Waals surface area contributed by atoms with Gasteiger partial charge in [-0.3, -0.25) is 13.8 Å². The van der Waals surface area contributed by atoms with Gasteiger partial charge in [-0.2, -0.15) is 4.57 Å². The number of phosphoric ester groups is 1. The molecule has 26 heavy (non-hydrogen) atoms. The summed E-state index contributed by atoms with van der Waals surface area (Å²) >= 11 is 0. The molecule has 1 aromatic rings. The number of rotatable bonds is 8. The zero-order valence-electron chi connectivity index (χ0n) is 13.9. The smallest absolute Gasteiger partial charge is 0.387 e. The summed E-state index contributed by atoms with van der Waals surface area (Å²) in [6.07, 6.45) is 4.22. The molecule has 5 atom stereocenters. The highest BCUT2D eigenvalue weighted by Gasteiger charge is 2.50. The number of pyridine rings is 1. The van der Waals surface area contributed by atoms with E-state index in [0.29, 0.717) is 0 Å². The first-order valence-corrected chi connectivity index (χ1v) is 9.01. The topological polar surface area (TPSA) is 141 Å². The lowest BCUT2D eigenvalue weighted by molar-refractivity contribution is -0.766. The van der Waals surface area contributed by atoms with Crippen molar-refractivity contribution in [3.8, 4) is 12.3 Å². The summed E-state index contributed by atoms with van der Waals surface area (Å²) in [5, 5.41) is 10.4. The zero-order chi connectivity index (χ0) is 19.3. The van der Waals surface area contributed by atoms with Gasteiger partial charge in [0.05, 0.1) is 6.61 Å². The van der Waals surface area contributed by atoms with E-state index in [0.717, 1.165) is 7.11 Å². The second-order valence-corrected chi connectivity index (χ2v) is 6.95. The van der Waals surface area contributed by atoms with E-state index in [9.17, 15) is 19.4 Å². The predicted molar refractivity (Wildman–Crippen MR) is 86.4 cm³/mol. The number of aliphatic hydroxyl groups excluding tert-OH is 1. The first-order valence-electron chi connectivity index (χ1n) is 7.51. The fraction of sp³-hybridized carbons (Fsp3) is 0.467. The molecule has 0 aromatic carbocycles. The molecule has 1 aliphatic rings. The number of nitrogens with zero attached hydrogens (tertiary/aromatic N) is 1. The minimum Gasteiger partial charge on any atom is -0.387 e. The third kappa shape index (κ3) is 4.87. The maximum absolute atomic E-state index is 11.4. The van der Waals surface area contributed by atoms with E-state index in [-0.39, 0.29) is 12.2 Å². The molecule has 0 bridgehead atoms. The molecule has 1 aromatic heterocycles. The summed E-state index contributed by atoms with van der Waals surface area (Å²) in [5.41, 5.74) is 5.49. The quantitative estimate of drug-likeness (QED) is 0.296. The van der Waals surface area contributed by atoms with E-state index in [2.05, 4.69) is 10.4 Å². The van der Waals surface area contributed by atoms with Crippen LogP contribution in [0, 0.1) is 12.3 Å². The molecule has 1 fully saturated rings. The molecule has 142 valence electrons. The second kappa shape index (κ2) is 8.70. The van der Waals surface area contributed by atoms with E-state index >= 15 is 0 Å². The number of carbonyl (C=O) groups excluding carboxylic acids is 1. The van der Waals surface area contributed by atoms with Gasteiger partial charge in [-0.05, 0) is 6.07 Å². The average molecular weight is 387 g/mol. The lowest BCUT2D eigenvalue weighted by Crippen LogP contribution is -2.47. The van der Waals surface area contributed by atoms with Crippen molar-refractivity contribution in [2.45, 2.75) is 24.5 Å². The molecule has 2 heterocycles. The van der Waals surface area contributed by atoms with Crippen LogP contribution in [-0.4, -0.2) is 54.5 Å². The van der Waals surface area contributed by atoms with E-state index in [1.165, 1.54) is 16.8 Å². The molecule has 1 saturated heterocycles. The number of phosphoric acid groups is 1. The van der Waals surface area contributed by atoms with Crippen LogP contribution in [0.15, 0.2) is 24.5 Å². The van der Waals surface area contributed by atoms with Crippen molar-refractivity contribution >= 4 is 13.7 Å². The summed E-state index contributed by atoms with van der Waals surface area (Å²) in [7, 11) is -3.22. The van der Waals surface area contributed by atoms with Crippen molar-refractivity contribution in [3.05, 3.63) is 30.1 Å². The molecule has 2 rings (SSSR count). The van der Waals surface area contributed by atoms with E-state index < -0.39 is 44.9 Å². The fourth-order valence-corrected chi connectivity index (χ4v) is 2.88. The van der Waals surface area contributed by atoms with E-state index in [1.807, 2.05) is 0 Å². The number of terminal acetylenes is 1. The van der Waals surface area contributed by atoms with E-state index in [1.54, 1.807) is 12.3 Å². The van der Waals surface area contributed by atoms with Gasteiger partial charge < -0.3 is 25.2 Å². The van der Waals surface area contributed by atoms with Gasteiger partial charge in [0, 0.05) is 13.2 Å². The Bertz CT molecular complexity index is 737. The SMILES string of the molecule is C#CCO[C@@H]1[C@H](O)[C@@H](COP(=O)(O)OC)O[C@H]1[n+]1cccc(C(N)=O)c1. The molecule has 1 unspecified atom stereocenters. The Morgan fingerprint density at radius 2 is 2.31 bits per heavy atom. The maximum Gasteiger partial charge on any atom is 0.472 e. The molecular formula is C15H20N2O8P+. The first-order chi connectivity index (χ1) is 12.3. The molecule has 0 spiro atoms. The Labute approximate surface area is 150 Å². The summed E-state index contributed by atoms with van der Waals surface area (Å²) in [6, 6.07) is 3.09. The molecule has 11 heteroatoms. The normalized spacial score (nSPS) is 27.6. The van der Waals surface area contributed by atoms with Crippen molar-refractivity contribution in [1.29, 1.82) is 0 Å². The number of carbonyl (C=O) groups is 1. The van der Waals surface area contributed by atoms with Crippen molar-refractivity contribution in [2.24, 2.45) is 5.73 Å². The molecular weight excluding hydrogens is 367 g/mol. The van der Waals surface area contributed by atoms with Gasteiger partial charge in [0.2, 0.25) is 0 Å². The van der Waals surface area contributed by atoms with Crippen LogP contribution in [0.3, 0.4) is 0 Å². The van der Waals surface area contributed by atoms with Crippen molar-refractivity contribution in [3.63, 3.8) is 0 Å². The van der Waals surface area contributed by atoms with Crippen LogP contribution in [0.4, 0.5) is 0 Å². The third-order valence-electron chi connectivity index (χ3n) is 3.71. The number of amides is 1. The van der Waals surface area contributed by atoms with Gasteiger partial charge in [-0.25, -0.2) is 4.57 Å². The van der Waals surface area contributed by atoms with Crippen molar-refractivity contribution in [1.82, 2.24) is 0 Å². The van der Waals surface area contributed by atoms with Crippen LogP contribution >= 0.6 is 7.82 Å². The standard InChI is InChI=1S/C15H19N2O8P/c1-3-7-23-13-12(18)11(9-24-26(20,21)22-2)25-15(13)17-6-4-5-10(8-17)14(16)19/h1,4-6,8,11-13,15,18H,7,9H2,2H3,(H2-,16,19,20,21)/p+1/t11-,12-,13-,15-/m1/s1. The van der Waals surface area contributed by atoms with Crippen LogP contribution < -0.4 is 10.3 Å². The zero-order valence-corrected chi connectivity index (χ0v) is 14.8. The van der Waals surface area contributed by atoms with Gasteiger partial charge in [-0.1, -0.05) is 5.92 Å². The molecule has 1 amide bonds. The Morgan fingerprint density at radius 1 is 1.58 bits per heavy atom. The van der Waals surface area contributed by atoms with Crippen LogP contribution in [0.1, 0.15) is 16.6 Å². The fourth-order valence-electron chi connectivity index (χ4n) is 2.44. The van der Waals surface area contributed by atoms with E-state index in [4.69, 9.17) is 26.2 Å². The highest BCUT2D eigenvalue weighted by atomic mass is 31.2. The van der Waals surface area contributed by atoms with Crippen LogP contribution in [-0.2, 0) is 23.1 Å². The highest BCUT2D eigenvalue weighted by molar-refractivity contribution is 7.47. The lowest BCUT2D eigenvalue weighted by atomic mass is 10.1. The Kier molecular flexibility index (Phi) is 6.86. The molecule has 0 aliphatic carbocycles. The highest BCUT2D eigenvalue weighted by Crippen LogP contribution is 2.43. The van der Waals surface area contributed by atoms with Gasteiger partial charge in [0.15, 0.2) is 18.5 Å². The molecule has 1 aliphatic heterocycles. The van der Waals surface area contributed by atoms with Crippen LogP contribution in [0.2, 0.25) is 0 Å². The first kappa shape index (κ1) is 20.5. The molecule has 0 saturated carbocycles. The molecule has 4 N–H and O–H groups in total. The molecule has 10 nitrogen and oxygen atoms in total. The largest absolute Gasteiger partial charge is 0.472 e. The Hall–Kier alpha value is -1.83. The number of ether oxygens (including phenoxy) is 2. The maximum atomic E-state index is 11.4. The van der Waals surface area contributed by atoms with Gasteiger partial charge in [-0.15, -0.1) is 6.42 Å². The number of hydrogen-bond donors (Lipinski definition) is 3. The minimum atomic E-state index is -4.24. The predicted octanol–water partition coefficient (Wildman–Crippen LogP) is -0.887. The van der Waals surface area contributed by atoms with Crippen LogP contribution in [0.5, 0.6) is 0 Å². The number of aliphatic hydroxyl groups is 1. The number of primary amides is 1. The number of hydrogen-bond acceptors (Lipinski definition) is 7. The second-order valence-electron chi connectivity index (χ2n) is 5.39. The molecule has 0 radical (unpaired) electrons. The summed E-state index contributed by atoms with van der Waals surface area (Å²) in [4.78, 5) is 20.7. The Morgan fingerprint density at radius 3 is 2.92 bits per heavy atom. The summed E-state index contributed by atoms with van der Waals surface area (Å²) < 4.78 is 33.1. The van der Waals surface area contributed by atoms with Crippen molar-refractivity contribution in [2.75, 3.05) is 20.3 Å². The van der Waals surface area contributed by atoms with Crippen molar-refractivity contribution < 1.29 is 42.4 Å². The minimum absolute atomic E-state index is 0.0954.